The van der Waals surface area contributed by atoms with Crippen LogP contribution in [0.2, 0.25) is 0 Å². The second-order valence-corrected chi connectivity index (χ2v) is 12.7. The highest BCUT2D eigenvalue weighted by Crippen LogP contribution is 2.24. The monoisotopic (exact) mass is 580 g/mol. The molecule has 0 bridgehead atoms. The molecule has 0 radical (unpaired) electrons. The fourth-order valence-corrected chi connectivity index (χ4v) is 11.8. The minimum absolute atomic E-state index is 0.154. The molecule has 0 atom stereocenters. The summed E-state index contributed by atoms with van der Waals surface area (Å²) < 4.78 is 0.981. The maximum atomic E-state index is 12.0. The topological polar surface area (TPSA) is 74.6 Å². The van der Waals surface area contributed by atoms with E-state index in [-0.39, 0.29) is 11.1 Å². The smallest absolute Gasteiger partial charge is 0.336 e. The highest BCUT2D eigenvalue weighted by Gasteiger charge is 2.45. The van der Waals surface area contributed by atoms with Gasteiger partial charge in [0.25, 0.3) is 0 Å². The van der Waals surface area contributed by atoms with Crippen LogP contribution < -0.4 is 20.7 Å². The fraction of sp³-hybridized carbons (Fsp3) is 0. The molecule has 4 rings (SSSR count). The highest BCUT2D eigenvalue weighted by molar-refractivity contribution is 9.11. The van der Waals surface area contributed by atoms with E-state index >= 15 is 0 Å². The summed E-state index contributed by atoms with van der Waals surface area (Å²) >= 11 is 7.21. The summed E-state index contributed by atoms with van der Waals surface area (Å²) in [6, 6.07) is 30.2. The van der Waals surface area contributed by atoms with E-state index in [0.717, 1.165) is 20.7 Å². The number of rotatable bonds is 6. The predicted octanol–water partition coefficient (Wildman–Crippen LogP) is 3.99. The van der Waals surface area contributed by atoms with Crippen molar-refractivity contribution in [3.8, 4) is 0 Å². The normalized spacial score (nSPS) is 11.2. The van der Waals surface area contributed by atoms with Crippen molar-refractivity contribution in [2.45, 2.75) is 0 Å². The van der Waals surface area contributed by atoms with Crippen LogP contribution >= 0.6 is 31.9 Å². The van der Waals surface area contributed by atoms with Gasteiger partial charge < -0.3 is 10.2 Å². The van der Waals surface area contributed by atoms with Crippen molar-refractivity contribution in [2.75, 3.05) is 0 Å². The van der Waals surface area contributed by atoms with Crippen LogP contribution in [0.5, 0.6) is 0 Å². The fourth-order valence-electron chi connectivity index (χ4n) is 4.28. The van der Waals surface area contributed by atoms with Gasteiger partial charge in [0.2, 0.25) is 0 Å². The van der Waals surface area contributed by atoms with Gasteiger partial charge in [0.05, 0.1) is 11.1 Å². The molecule has 0 spiro atoms. The van der Waals surface area contributed by atoms with Gasteiger partial charge in [0.15, 0.2) is 8.07 Å². The molecule has 7 heteroatoms. The Kier molecular flexibility index (Phi) is 6.65. The van der Waals surface area contributed by atoms with Crippen LogP contribution in [0.1, 0.15) is 20.7 Å². The third-order valence-corrected chi connectivity index (χ3v) is 13.0. The Morgan fingerprint density at radius 2 is 0.909 bits per heavy atom. The zero-order valence-electron chi connectivity index (χ0n) is 17.2. The van der Waals surface area contributed by atoms with Crippen molar-refractivity contribution in [1.82, 2.24) is 0 Å². The van der Waals surface area contributed by atoms with E-state index in [1.54, 1.807) is 24.3 Å². The molecule has 0 aromatic heterocycles. The van der Waals surface area contributed by atoms with Gasteiger partial charge in [-0.25, -0.2) is 9.59 Å². The molecule has 4 nitrogen and oxygen atoms in total. The number of hydrogen-bond acceptors (Lipinski definition) is 2. The molecular weight excluding hydrogens is 564 g/mol. The molecule has 0 unspecified atom stereocenters. The third-order valence-electron chi connectivity index (χ3n) is 5.68. The standard InChI is InChI=1S/C26H18Br2O4Si/c27-23-19(25(29)30)13-7-15-21(23)33(17-9-3-1-4-10-17,18-11-5-2-6-12-18)22-16-8-14-20(24(22)28)26(31)32/h1-16H,(H,29,30)(H,31,32). The van der Waals surface area contributed by atoms with E-state index in [9.17, 15) is 19.8 Å². The molecule has 0 saturated carbocycles. The maximum Gasteiger partial charge on any atom is 0.336 e. The number of halogens is 2. The molecule has 4 aromatic carbocycles. The summed E-state index contributed by atoms with van der Waals surface area (Å²) in [7, 11) is -3.16. The number of carboxylic acid groups (broad SMARTS) is 2. The molecule has 164 valence electrons. The predicted molar refractivity (Wildman–Crippen MR) is 139 cm³/mol. The number of carboxylic acids is 2. The van der Waals surface area contributed by atoms with Gasteiger partial charge in [-0.2, -0.15) is 0 Å². The molecule has 0 aliphatic heterocycles. The highest BCUT2D eigenvalue weighted by atomic mass is 79.9. The molecule has 0 heterocycles. The second-order valence-electron chi connectivity index (χ2n) is 7.43. The van der Waals surface area contributed by atoms with Crippen molar-refractivity contribution in [3.05, 3.63) is 117 Å². The molecule has 0 saturated heterocycles. The van der Waals surface area contributed by atoms with Crippen LogP contribution in [0.15, 0.2) is 106 Å². The van der Waals surface area contributed by atoms with Gasteiger partial charge in [-0.3, -0.25) is 0 Å². The Morgan fingerprint density at radius 1 is 0.545 bits per heavy atom. The first-order valence-electron chi connectivity index (χ1n) is 10.0. The average Bonchev–Trinajstić information content (AvgIpc) is 2.82. The maximum absolute atomic E-state index is 12.0. The lowest BCUT2D eigenvalue weighted by molar-refractivity contribution is 0.0685. The van der Waals surface area contributed by atoms with Gasteiger partial charge in [-0.15, -0.1) is 0 Å². The molecule has 0 fully saturated rings. The van der Waals surface area contributed by atoms with Crippen LogP contribution in [-0.4, -0.2) is 30.2 Å². The Morgan fingerprint density at radius 3 is 1.24 bits per heavy atom. The molecule has 0 aliphatic carbocycles. The van der Waals surface area contributed by atoms with E-state index in [4.69, 9.17) is 0 Å². The summed E-state index contributed by atoms with van der Waals surface area (Å²) in [4.78, 5) is 24.0. The van der Waals surface area contributed by atoms with E-state index in [1.807, 2.05) is 72.8 Å². The zero-order valence-corrected chi connectivity index (χ0v) is 21.4. The second kappa shape index (κ2) is 9.47. The van der Waals surface area contributed by atoms with Gasteiger partial charge in [-0.1, -0.05) is 84.9 Å². The largest absolute Gasteiger partial charge is 0.478 e. The average molecular weight is 582 g/mol. The third kappa shape index (κ3) is 3.97. The van der Waals surface area contributed by atoms with Crippen LogP contribution in [0.25, 0.3) is 0 Å². The number of benzene rings is 4. The lowest BCUT2D eigenvalue weighted by Gasteiger charge is -2.36. The molecule has 4 aromatic rings. The molecular formula is C26H18Br2O4Si. The van der Waals surface area contributed by atoms with Crippen molar-refractivity contribution < 1.29 is 19.8 Å². The van der Waals surface area contributed by atoms with Crippen LogP contribution in [-0.2, 0) is 0 Å². The van der Waals surface area contributed by atoms with Crippen molar-refractivity contribution in [1.29, 1.82) is 0 Å². The van der Waals surface area contributed by atoms with E-state index in [1.165, 1.54) is 0 Å². The van der Waals surface area contributed by atoms with Crippen LogP contribution in [0.3, 0.4) is 0 Å². The van der Waals surface area contributed by atoms with Crippen LogP contribution in [0, 0.1) is 0 Å². The molecule has 33 heavy (non-hydrogen) atoms. The zero-order chi connectivity index (χ0) is 23.6. The summed E-state index contributed by atoms with van der Waals surface area (Å²) in [6.45, 7) is 0. The Bertz CT molecular complexity index is 1240. The van der Waals surface area contributed by atoms with Crippen molar-refractivity contribution in [2.24, 2.45) is 0 Å². The first-order chi connectivity index (χ1) is 15.9. The number of aromatic carboxylic acids is 2. The summed E-state index contributed by atoms with van der Waals surface area (Å²) in [5.74, 6) is -2.07. The van der Waals surface area contributed by atoms with E-state index < -0.39 is 20.0 Å². The SMILES string of the molecule is O=C(O)c1cccc([Si](c2ccccc2)(c2ccccc2)c2cccc(C(=O)O)c2Br)c1Br. The summed E-state index contributed by atoms with van der Waals surface area (Å²) in [6.07, 6.45) is 0. The van der Waals surface area contributed by atoms with Crippen molar-refractivity contribution in [3.63, 3.8) is 0 Å². The summed E-state index contributed by atoms with van der Waals surface area (Å²) in [5.41, 5.74) is 0.309. The van der Waals surface area contributed by atoms with Gasteiger partial charge in [0, 0.05) is 8.95 Å². The lowest BCUT2D eigenvalue weighted by atomic mass is 10.2. The molecule has 2 N–H and O–H groups in total. The first-order valence-corrected chi connectivity index (χ1v) is 13.6. The van der Waals surface area contributed by atoms with E-state index in [2.05, 4.69) is 31.9 Å². The first kappa shape index (κ1) is 23.2. The Labute approximate surface area is 208 Å². The quantitative estimate of drug-likeness (QED) is 0.267. The minimum atomic E-state index is -3.16. The van der Waals surface area contributed by atoms with Gasteiger partial charge in [-0.05, 0) is 64.7 Å². The minimum Gasteiger partial charge on any atom is -0.478 e. The van der Waals surface area contributed by atoms with Crippen LogP contribution in [0.4, 0.5) is 0 Å². The molecule has 0 aliphatic rings. The Balaban J connectivity index is 2.26. The summed E-state index contributed by atoms with van der Waals surface area (Å²) in [5, 5.41) is 23.3. The molecule has 0 amide bonds. The number of carbonyl (C=O) groups is 2. The Hall–Kier alpha value is -3.00. The number of hydrogen-bond donors (Lipinski definition) is 2. The van der Waals surface area contributed by atoms with E-state index in [0.29, 0.717) is 8.95 Å². The lowest BCUT2D eigenvalue weighted by Crippen LogP contribution is -2.75. The van der Waals surface area contributed by atoms with Gasteiger partial charge >= 0.3 is 11.9 Å². The van der Waals surface area contributed by atoms with Gasteiger partial charge in [0.1, 0.15) is 0 Å². The van der Waals surface area contributed by atoms with Crippen molar-refractivity contribution >= 4 is 72.6 Å².